The van der Waals surface area contributed by atoms with E-state index in [0.29, 0.717) is 5.92 Å². The van der Waals surface area contributed by atoms with Crippen LogP contribution < -0.4 is 5.32 Å². The number of nitrogens with one attached hydrogen (secondary N) is 1. The molecule has 0 aliphatic rings. The third-order valence-corrected chi connectivity index (χ3v) is 3.32. The molecule has 0 unspecified atom stereocenters. The van der Waals surface area contributed by atoms with Crippen LogP contribution in [0.5, 0.6) is 0 Å². The van der Waals surface area contributed by atoms with Crippen molar-refractivity contribution in [2.24, 2.45) is 11.8 Å². The monoisotopic (exact) mass is 251 g/mol. The van der Waals surface area contributed by atoms with Crippen molar-refractivity contribution < 1.29 is 0 Å². The molecule has 106 valence electrons. The zero-order valence-electron chi connectivity index (χ0n) is 13.2. The van der Waals surface area contributed by atoms with Gasteiger partial charge in [0.15, 0.2) is 0 Å². The highest BCUT2D eigenvalue weighted by molar-refractivity contribution is 4.98. The second kappa shape index (κ2) is 10.2. The summed E-state index contributed by atoms with van der Waals surface area (Å²) in [6.07, 6.45) is 8.42. The van der Waals surface area contributed by atoms with Crippen molar-refractivity contribution in [2.75, 3.05) is 6.54 Å². The Morgan fingerprint density at radius 3 is 2.28 bits per heavy atom. The Bertz CT molecular complexity index is 248. The Hall–Kier alpha value is -0.720. The van der Waals surface area contributed by atoms with Gasteiger partial charge in [-0.2, -0.15) is 0 Å². The van der Waals surface area contributed by atoms with Gasteiger partial charge >= 0.3 is 0 Å². The number of rotatable bonds is 10. The summed E-state index contributed by atoms with van der Waals surface area (Å²) in [7, 11) is 0. The first kappa shape index (κ1) is 17.3. The summed E-state index contributed by atoms with van der Waals surface area (Å²) in [5.74, 6) is 1.38. The number of unbranched alkanes of at least 4 members (excludes halogenated alkanes) is 2. The third-order valence-electron chi connectivity index (χ3n) is 3.32. The fourth-order valence-electron chi connectivity index (χ4n) is 1.92. The Morgan fingerprint density at radius 2 is 1.78 bits per heavy atom. The predicted octanol–water partition coefficient (Wildman–Crippen LogP) is 5.30. The number of hydrogen-bond donors (Lipinski definition) is 1. The van der Waals surface area contributed by atoms with Gasteiger partial charge in [0.2, 0.25) is 0 Å². The summed E-state index contributed by atoms with van der Waals surface area (Å²) < 4.78 is 0. The van der Waals surface area contributed by atoms with E-state index in [9.17, 15) is 0 Å². The second-order valence-corrected chi connectivity index (χ2v) is 5.96. The summed E-state index contributed by atoms with van der Waals surface area (Å²) in [5.41, 5.74) is 2.80. The van der Waals surface area contributed by atoms with Gasteiger partial charge < -0.3 is 5.32 Å². The van der Waals surface area contributed by atoms with E-state index in [2.05, 4.69) is 52.6 Å². The lowest BCUT2D eigenvalue weighted by Gasteiger charge is -2.13. The normalized spacial score (nSPS) is 12.3. The first-order chi connectivity index (χ1) is 8.47. The Kier molecular flexibility index (Phi) is 9.82. The van der Waals surface area contributed by atoms with Gasteiger partial charge in [0.05, 0.1) is 0 Å². The minimum Gasteiger partial charge on any atom is -0.389 e. The highest BCUT2D eigenvalue weighted by Gasteiger charge is 2.01. The average molecular weight is 251 g/mol. The maximum absolute atomic E-state index is 4.12. The molecule has 0 aliphatic carbocycles. The van der Waals surface area contributed by atoms with Crippen molar-refractivity contribution in [3.8, 4) is 0 Å². The summed E-state index contributed by atoms with van der Waals surface area (Å²) in [4.78, 5) is 0. The molecule has 0 spiro atoms. The summed E-state index contributed by atoms with van der Waals surface area (Å²) in [5, 5.41) is 3.55. The van der Waals surface area contributed by atoms with Crippen LogP contribution >= 0.6 is 0 Å². The highest BCUT2D eigenvalue weighted by Crippen LogP contribution is 2.15. The molecular weight excluding hydrogens is 218 g/mol. The molecule has 0 aromatic rings. The first-order valence-electron chi connectivity index (χ1n) is 7.54. The first-order valence-corrected chi connectivity index (χ1v) is 7.54. The fourth-order valence-corrected chi connectivity index (χ4v) is 1.92. The molecule has 1 nitrogen and oxygen atoms in total. The summed E-state index contributed by atoms with van der Waals surface area (Å²) in [6, 6.07) is 0. The van der Waals surface area contributed by atoms with Gasteiger partial charge in [-0.05, 0) is 44.4 Å². The van der Waals surface area contributed by atoms with Crippen molar-refractivity contribution in [3.05, 3.63) is 23.9 Å². The van der Waals surface area contributed by atoms with Crippen LogP contribution in [0.25, 0.3) is 0 Å². The Labute approximate surface area is 115 Å². The molecule has 0 rings (SSSR count). The lowest BCUT2D eigenvalue weighted by molar-refractivity contribution is 0.574. The lowest BCUT2D eigenvalue weighted by atomic mass is 9.99. The van der Waals surface area contributed by atoms with Crippen LogP contribution in [-0.2, 0) is 0 Å². The minimum atomic E-state index is 0.642. The van der Waals surface area contributed by atoms with E-state index in [-0.39, 0.29) is 0 Å². The molecule has 0 aromatic carbocycles. The van der Waals surface area contributed by atoms with Crippen molar-refractivity contribution in [2.45, 2.75) is 66.7 Å². The van der Waals surface area contributed by atoms with Crippen LogP contribution in [-0.4, -0.2) is 6.54 Å². The van der Waals surface area contributed by atoms with Crippen LogP contribution in [0.1, 0.15) is 66.7 Å². The van der Waals surface area contributed by atoms with Crippen molar-refractivity contribution in [1.82, 2.24) is 5.32 Å². The van der Waals surface area contributed by atoms with E-state index < -0.39 is 0 Å². The van der Waals surface area contributed by atoms with Crippen LogP contribution in [0, 0.1) is 11.8 Å². The van der Waals surface area contributed by atoms with Gasteiger partial charge in [0.1, 0.15) is 0 Å². The molecule has 0 saturated heterocycles. The molecule has 0 aliphatic heterocycles. The van der Waals surface area contributed by atoms with Gasteiger partial charge in [0.25, 0.3) is 0 Å². The van der Waals surface area contributed by atoms with Crippen molar-refractivity contribution in [1.29, 1.82) is 0 Å². The van der Waals surface area contributed by atoms with Gasteiger partial charge in [-0.1, -0.05) is 52.3 Å². The Balaban J connectivity index is 3.53. The molecule has 1 heteroatoms. The van der Waals surface area contributed by atoms with Crippen LogP contribution in [0.3, 0.4) is 0 Å². The quantitative estimate of drug-likeness (QED) is 0.410. The smallest absolute Gasteiger partial charge is 0.0143 e. The van der Waals surface area contributed by atoms with E-state index in [1.165, 1.54) is 43.4 Å². The second-order valence-electron chi connectivity index (χ2n) is 5.96. The van der Waals surface area contributed by atoms with E-state index in [4.69, 9.17) is 0 Å². The maximum atomic E-state index is 4.12. The molecule has 0 atom stereocenters. The molecule has 0 fully saturated rings. The molecule has 0 radical (unpaired) electrons. The zero-order chi connectivity index (χ0) is 14.0. The van der Waals surface area contributed by atoms with Gasteiger partial charge in [-0.15, -0.1) is 0 Å². The molecule has 0 saturated carbocycles. The fraction of sp³-hybridized carbons (Fsp3) is 0.765. The molecule has 0 amide bonds. The number of allylic oxidation sites excluding steroid dienone is 3. The van der Waals surface area contributed by atoms with E-state index in [1.54, 1.807) is 0 Å². The molecule has 18 heavy (non-hydrogen) atoms. The Morgan fingerprint density at radius 1 is 1.11 bits per heavy atom. The van der Waals surface area contributed by atoms with E-state index >= 15 is 0 Å². The lowest BCUT2D eigenvalue weighted by Crippen LogP contribution is -2.16. The molecule has 0 bridgehead atoms. The largest absolute Gasteiger partial charge is 0.389 e. The van der Waals surface area contributed by atoms with Gasteiger partial charge in [-0.25, -0.2) is 0 Å². The minimum absolute atomic E-state index is 0.642. The SMILES string of the molecule is C=C(CCCCCN/C(=C/C)CC(C)C)C(C)C. The van der Waals surface area contributed by atoms with Crippen LogP contribution in [0.2, 0.25) is 0 Å². The maximum Gasteiger partial charge on any atom is 0.0143 e. The van der Waals surface area contributed by atoms with E-state index in [0.717, 1.165) is 12.5 Å². The average Bonchev–Trinajstić information content (AvgIpc) is 2.30. The highest BCUT2D eigenvalue weighted by atomic mass is 14.9. The van der Waals surface area contributed by atoms with Crippen molar-refractivity contribution >= 4 is 0 Å². The van der Waals surface area contributed by atoms with Crippen LogP contribution in [0.4, 0.5) is 0 Å². The third kappa shape index (κ3) is 9.32. The van der Waals surface area contributed by atoms with E-state index in [1.807, 2.05) is 0 Å². The molecule has 0 aromatic heterocycles. The molecule has 0 heterocycles. The van der Waals surface area contributed by atoms with Crippen molar-refractivity contribution in [3.63, 3.8) is 0 Å². The predicted molar refractivity (Wildman–Crippen MR) is 83.7 cm³/mol. The zero-order valence-corrected chi connectivity index (χ0v) is 13.2. The summed E-state index contributed by atoms with van der Waals surface area (Å²) in [6.45, 7) is 16.3. The topological polar surface area (TPSA) is 12.0 Å². The standard InChI is InChI=1S/C17H33N/c1-7-17(13-14(2)3)18-12-10-8-9-11-16(6)15(4)5/h7,14-15,18H,6,8-13H2,1-5H3/b17-7+. The van der Waals surface area contributed by atoms with Gasteiger partial charge in [-0.3, -0.25) is 0 Å². The summed E-state index contributed by atoms with van der Waals surface area (Å²) >= 11 is 0. The van der Waals surface area contributed by atoms with Crippen LogP contribution in [0.15, 0.2) is 23.9 Å². The van der Waals surface area contributed by atoms with Gasteiger partial charge in [0, 0.05) is 12.2 Å². The molecular formula is C17H33N. The number of hydrogen-bond acceptors (Lipinski definition) is 1. The molecule has 1 N–H and O–H groups in total.